The molecule has 0 saturated heterocycles. The summed E-state index contributed by atoms with van der Waals surface area (Å²) in [7, 11) is 1.58. The first-order valence-corrected chi connectivity index (χ1v) is 10.0. The summed E-state index contributed by atoms with van der Waals surface area (Å²) < 4.78 is 0. The standard InChI is InChI=1S/C20H17Cl2N3O2S/c1-25(11-18(26)24-17-9-5-4-8-16(17)22)19(27)10-13-12-28-20(23-13)14-6-2-3-7-15(14)21/h2-9,12H,10-11H2,1H3,(H,24,26). The van der Waals surface area contributed by atoms with E-state index in [0.29, 0.717) is 21.4 Å². The molecular weight excluding hydrogens is 417 g/mol. The van der Waals surface area contributed by atoms with E-state index in [-0.39, 0.29) is 24.8 Å². The summed E-state index contributed by atoms with van der Waals surface area (Å²) >= 11 is 13.7. The predicted octanol–water partition coefficient (Wildman–Crippen LogP) is 4.76. The molecule has 2 aromatic carbocycles. The summed E-state index contributed by atoms with van der Waals surface area (Å²) in [4.78, 5) is 30.5. The number of nitrogens with one attached hydrogen (secondary N) is 1. The molecule has 3 aromatic rings. The molecule has 0 spiro atoms. The van der Waals surface area contributed by atoms with Crippen LogP contribution in [0.3, 0.4) is 0 Å². The van der Waals surface area contributed by atoms with Crippen LogP contribution in [0.1, 0.15) is 5.69 Å². The minimum Gasteiger partial charge on any atom is -0.336 e. The zero-order valence-electron chi connectivity index (χ0n) is 15.0. The third-order valence-corrected chi connectivity index (χ3v) is 5.53. The number of likely N-dealkylation sites (N-methyl/N-ethyl adjacent to an activating group) is 1. The van der Waals surface area contributed by atoms with Gasteiger partial charge in [0.1, 0.15) is 5.01 Å². The lowest BCUT2D eigenvalue weighted by atomic mass is 10.2. The highest BCUT2D eigenvalue weighted by Crippen LogP contribution is 2.30. The van der Waals surface area contributed by atoms with Crippen LogP contribution in [0, 0.1) is 0 Å². The van der Waals surface area contributed by atoms with Crippen LogP contribution in [0.5, 0.6) is 0 Å². The van der Waals surface area contributed by atoms with Crippen molar-refractivity contribution < 1.29 is 9.59 Å². The number of benzene rings is 2. The maximum atomic E-state index is 12.4. The van der Waals surface area contributed by atoms with Crippen molar-refractivity contribution >= 4 is 52.0 Å². The molecule has 0 bridgehead atoms. The van der Waals surface area contributed by atoms with E-state index in [0.717, 1.165) is 10.6 Å². The van der Waals surface area contributed by atoms with Crippen LogP contribution in [0.25, 0.3) is 10.6 Å². The Bertz CT molecular complexity index is 1010. The Morgan fingerprint density at radius 2 is 1.75 bits per heavy atom. The van der Waals surface area contributed by atoms with Gasteiger partial charge in [-0.15, -0.1) is 11.3 Å². The molecule has 28 heavy (non-hydrogen) atoms. The molecule has 0 aliphatic carbocycles. The van der Waals surface area contributed by atoms with E-state index < -0.39 is 0 Å². The Kier molecular flexibility index (Phi) is 6.67. The number of amides is 2. The first-order chi connectivity index (χ1) is 13.4. The van der Waals surface area contributed by atoms with Crippen molar-refractivity contribution in [1.29, 1.82) is 0 Å². The fourth-order valence-electron chi connectivity index (χ4n) is 2.49. The Morgan fingerprint density at radius 1 is 1.07 bits per heavy atom. The highest BCUT2D eigenvalue weighted by Gasteiger charge is 2.16. The number of halogens is 2. The molecule has 0 saturated carbocycles. The number of hydrogen-bond donors (Lipinski definition) is 1. The van der Waals surface area contributed by atoms with Crippen molar-refractivity contribution in [2.24, 2.45) is 0 Å². The van der Waals surface area contributed by atoms with Crippen molar-refractivity contribution in [2.75, 3.05) is 18.9 Å². The molecule has 8 heteroatoms. The van der Waals surface area contributed by atoms with Gasteiger partial charge in [-0.3, -0.25) is 9.59 Å². The van der Waals surface area contributed by atoms with Gasteiger partial charge in [0.05, 0.1) is 34.4 Å². The second-order valence-electron chi connectivity index (χ2n) is 6.08. The minimum atomic E-state index is -0.320. The Morgan fingerprint density at radius 3 is 2.46 bits per heavy atom. The zero-order chi connectivity index (χ0) is 20.1. The number of nitrogens with zero attached hydrogens (tertiary/aromatic N) is 2. The molecule has 0 atom stereocenters. The van der Waals surface area contributed by atoms with E-state index in [2.05, 4.69) is 10.3 Å². The Labute approximate surface area is 176 Å². The number of thiazole rings is 1. The molecule has 144 valence electrons. The number of anilines is 1. The van der Waals surface area contributed by atoms with Gasteiger partial charge < -0.3 is 10.2 Å². The molecule has 1 aromatic heterocycles. The fraction of sp³-hybridized carbons (Fsp3) is 0.150. The van der Waals surface area contributed by atoms with Gasteiger partial charge in [-0.25, -0.2) is 4.98 Å². The van der Waals surface area contributed by atoms with Gasteiger partial charge in [-0.05, 0) is 18.2 Å². The van der Waals surface area contributed by atoms with Gasteiger partial charge in [0, 0.05) is 18.0 Å². The van der Waals surface area contributed by atoms with Crippen LogP contribution in [0.15, 0.2) is 53.9 Å². The van der Waals surface area contributed by atoms with Gasteiger partial charge in [-0.2, -0.15) is 0 Å². The molecule has 0 fully saturated rings. The van der Waals surface area contributed by atoms with Gasteiger partial charge in [0.2, 0.25) is 11.8 Å². The van der Waals surface area contributed by atoms with Crippen molar-refractivity contribution in [2.45, 2.75) is 6.42 Å². The third kappa shape index (κ3) is 5.10. The molecule has 5 nitrogen and oxygen atoms in total. The summed E-state index contributed by atoms with van der Waals surface area (Å²) in [6.45, 7) is -0.0778. The van der Waals surface area contributed by atoms with Crippen molar-refractivity contribution in [3.8, 4) is 10.6 Å². The number of carbonyl (C=O) groups excluding carboxylic acids is 2. The molecule has 0 aliphatic rings. The van der Waals surface area contributed by atoms with Crippen molar-refractivity contribution in [1.82, 2.24) is 9.88 Å². The molecule has 1 N–H and O–H groups in total. The molecule has 0 aliphatic heterocycles. The average Bonchev–Trinajstić information content (AvgIpc) is 3.12. The topological polar surface area (TPSA) is 62.3 Å². The lowest BCUT2D eigenvalue weighted by Gasteiger charge is -2.16. The molecule has 2 amide bonds. The molecule has 0 radical (unpaired) electrons. The molecule has 3 rings (SSSR count). The van der Waals surface area contributed by atoms with Crippen LogP contribution >= 0.6 is 34.5 Å². The maximum Gasteiger partial charge on any atom is 0.244 e. The summed E-state index contributed by atoms with van der Waals surface area (Å²) in [5.41, 5.74) is 1.99. The van der Waals surface area contributed by atoms with E-state index in [1.807, 2.05) is 23.6 Å². The highest BCUT2D eigenvalue weighted by atomic mass is 35.5. The predicted molar refractivity (Wildman–Crippen MR) is 114 cm³/mol. The molecular formula is C20H17Cl2N3O2S. The second-order valence-corrected chi connectivity index (χ2v) is 7.75. The van der Waals surface area contributed by atoms with E-state index in [1.165, 1.54) is 16.2 Å². The largest absolute Gasteiger partial charge is 0.336 e. The van der Waals surface area contributed by atoms with E-state index in [1.54, 1.807) is 37.4 Å². The third-order valence-electron chi connectivity index (χ3n) is 3.94. The molecule has 1 heterocycles. The lowest BCUT2D eigenvalue weighted by molar-refractivity contribution is -0.132. The van der Waals surface area contributed by atoms with Gasteiger partial charge >= 0.3 is 0 Å². The number of hydrogen-bond acceptors (Lipinski definition) is 4. The lowest BCUT2D eigenvalue weighted by Crippen LogP contribution is -2.35. The summed E-state index contributed by atoms with van der Waals surface area (Å²) in [6.07, 6.45) is 0.108. The van der Waals surface area contributed by atoms with Gasteiger partial charge in [-0.1, -0.05) is 53.5 Å². The van der Waals surface area contributed by atoms with Gasteiger partial charge in [0.15, 0.2) is 0 Å². The Balaban J connectivity index is 1.58. The van der Waals surface area contributed by atoms with Crippen LogP contribution in [-0.2, 0) is 16.0 Å². The van der Waals surface area contributed by atoms with Crippen LogP contribution in [-0.4, -0.2) is 35.3 Å². The first-order valence-electron chi connectivity index (χ1n) is 8.41. The zero-order valence-corrected chi connectivity index (χ0v) is 17.3. The maximum absolute atomic E-state index is 12.4. The quantitative estimate of drug-likeness (QED) is 0.609. The van der Waals surface area contributed by atoms with Crippen LogP contribution < -0.4 is 5.32 Å². The first kappa shape index (κ1) is 20.3. The minimum absolute atomic E-state index is 0.0778. The Hall–Kier alpha value is -2.41. The summed E-state index contributed by atoms with van der Waals surface area (Å²) in [5.74, 6) is -0.524. The van der Waals surface area contributed by atoms with E-state index in [9.17, 15) is 9.59 Å². The van der Waals surface area contributed by atoms with Crippen molar-refractivity contribution in [3.05, 3.63) is 69.7 Å². The van der Waals surface area contributed by atoms with Gasteiger partial charge in [0.25, 0.3) is 0 Å². The van der Waals surface area contributed by atoms with Crippen LogP contribution in [0.4, 0.5) is 5.69 Å². The number of aromatic nitrogens is 1. The van der Waals surface area contributed by atoms with E-state index >= 15 is 0 Å². The highest BCUT2D eigenvalue weighted by molar-refractivity contribution is 7.13. The monoisotopic (exact) mass is 433 g/mol. The number of carbonyl (C=O) groups is 2. The van der Waals surface area contributed by atoms with Crippen molar-refractivity contribution in [3.63, 3.8) is 0 Å². The SMILES string of the molecule is CN(CC(=O)Nc1ccccc1Cl)C(=O)Cc1csc(-c2ccccc2Cl)n1. The second kappa shape index (κ2) is 9.19. The smallest absolute Gasteiger partial charge is 0.244 e. The van der Waals surface area contributed by atoms with Crippen LogP contribution in [0.2, 0.25) is 10.0 Å². The van der Waals surface area contributed by atoms with E-state index in [4.69, 9.17) is 23.2 Å². The number of para-hydroxylation sites is 1. The molecule has 0 unspecified atom stereocenters. The summed E-state index contributed by atoms with van der Waals surface area (Å²) in [6, 6.07) is 14.4. The summed E-state index contributed by atoms with van der Waals surface area (Å²) in [5, 5.41) is 6.34. The fourth-order valence-corrected chi connectivity index (χ4v) is 3.82. The average molecular weight is 434 g/mol. The normalized spacial score (nSPS) is 10.5. The number of rotatable bonds is 6.